The number of aromatic nitrogens is 1. The molecule has 0 aliphatic heterocycles. The largest absolute Gasteiger partial charge is 0.353 e. The second-order valence-electron chi connectivity index (χ2n) is 7.24. The number of pyridine rings is 1. The van der Waals surface area contributed by atoms with Crippen LogP contribution < -0.4 is 5.32 Å². The van der Waals surface area contributed by atoms with Crippen LogP contribution in [0, 0.1) is 12.3 Å². The molecule has 0 saturated heterocycles. The van der Waals surface area contributed by atoms with Gasteiger partial charge in [0.05, 0.1) is 0 Å². The van der Waals surface area contributed by atoms with Crippen molar-refractivity contribution < 1.29 is 4.79 Å². The summed E-state index contributed by atoms with van der Waals surface area (Å²) in [5.41, 5.74) is 3.41. The van der Waals surface area contributed by atoms with Crippen LogP contribution in [0.4, 0.5) is 0 Å². The van der Waals surface area contributed by atoms with E-state index in [2.05, 4.69) is 28.4 Å². The first-order valence-corrected chi connectivity index (χ1v) is 9.95. The zero-order chi connectivity index (χ0) is 20.3. The molecule has 0 fully saturated rings. The molecule has 0 spiro atoms. The van der Waals surface area contributed by atoms with E-state index >= 15 is 0 Å². The van der Waals surface area contributed by atoms with Gasteiger partial charge in [0.2, 0.25) is 5.91 Å². The monoisotopic (exact) mass is 382 g/mol. The summed E-state index contributed by atoms with van der Waals surface area (Å²) < 4.78 is 0. The SMILES string of the molecule is C#CCC(CC(=O)NC(Cc1ccccc1)Cc1cccnc1)c1ccccc1. The van der Waals surface area contributed by atoms with E-state index in [1.807, 2.05) is 66.9 Å². The van der Waals surface area contributed by atoms with E-state index in [1.165, 1.54) is 5.56 Å². The maximum atomic E-state index is 12.9. The molecule has 0 saturated carbocycles. The van der Waals surface area contributed by atoms with E-state index in [0.717, 1.165) is 24.0 Å². The van der Waals surface area contributed by atoms with Crippen LogP contribution in [0.5, 0.6) is 0 Å². The lowest BCUT2D eigenvalue weighted by atomic mass is 9.92. The van der Waals surface area contributed by atoms with Crippen LogP contribution in [0.15, 0.2) is 85.2 Å². The lowest BCUT2D eigenvalue weighted by Gasteiger charge is -2.21. The quantitative estimate of drug-likeness (QED) is 0.552. The van der Waals surface area contributed by atoms with Crippen molar-refractivity contribution in [2.24, 2.45) is 0 Å². The van der Waals surface area contributed by atoms with E-state index in [1.54, 1.807) is 6.20 Å². The van der Waals surface area contributed by atoms with Gasteiger partial charge in [-0.1, -0.05) is 66.7 Å². The van der Waals surface area contributed by atoms with Crippen molar-refractivity contribution in [1.29, 1.82) is 0 Å². The van der Waals surface area contributed by atoms with Gasteiger partial charge in [-0.05, 0) is 35.6 Å². The Hall–Kier alpha value is -3.38. The number of rotatable bonds is 9. The number of terminal acetylenes is 1. The van der Waals surface area contributed by atoms with E-state index in [-0.39, 0.29) is 17.9 Å². The normalized spacial score (nSPS) is 12.5. The van der Waals surface area contributed by atoms with Crippen molar-refractivity contribution in [2.45, 2.75) is 37.6 Å². The van der Waals surface area contributed by atoms with Gasteiger partial charge in [-0.15, -0.1) is 12.3 Å². The fourth-order valence-corrected chi connectivity index (χ4v) is 3.56. The van der Waals surface area contributed by atoms with Crippen molar-refractivity contribution in [3.8, 4) is 12.3 Å². The number of amides is 1. The molecular weight excluding hydrogens is 356 g/mol. The summed E-state index contributed by atoms with van der Waals surface area (Å²) in [6, 6.07) is 24.2. The molecule has 3 aromatic rings. The average molecular weight is 383 g/mol. The van der Waals surface area contributed by atoms with Crippen LogP contribution in [-0.2, 0) is 17.6 Å². The number of hydrogen-bond donors (Lipinski definition) is 1. The fraction of sp³-hybridized carbons (Fsp3) is 0.231. The van der Waals surface area contributed by atoms with Crippen LogP contribution in [0.1, 0.15) is 35.4 Å². The molecule has 1 amide bonds. The van der Waals surface area contributed by atoms with E-state index < -0.39 is 0 Å². The zero-order valence-electron chi connectivity index (χ0n) is 16.5. The predicted molar refractivity (Wildman–Crippen MR) is 117 cm³/mol. The molecule has 1 N–H and O–H groups in total. The molecule has 3 rings (SSSR count). The van der Waals surface area contributed by atoms with Gasteiger partial charge in [-0.25, -0.2) is 0 Å². The summed E-state index contributed by atoms with van der Waals surface area (Å²) in [6.45, 7) is 0. The number of carbonyl (C=O) groups is 1. The number of carbonyl (C=O) groups excluding carboxylic acids is 1. The molecule has 3 nitrogen and oxygen atoms in total. The minimum absolute atomic E-state index is 0.00337. The lowest BCUT2D eigenvalue weighted by molar-refractivity contribution is -0.122. The van der Waals surface area contributed by atoms with Crippen molar-refractivity contribution in [3.63, 3.8) is 0 Å². The topological polar surface area (TPSA) is 42.0 Å². The maximum Gasteiger partial charge on any atom is 0.220 e. The second-order valence-corrected chi connectivity index (χ2v) is 7.24. The molecule has 146 valence electrons. The van der Waals surface area contributed by atoms with Gasteiger partial charge >= 0.3 is 0 Å². The van der Waals surface area contributed by atoms with Crippen molar-refractivity contribution in [2.75, 3.05) is 0 Å². The molecule has 29 heavy (non-hydrogen) atoms. The van der Waals surface area contributed by atoms with E-state index in [4.69, 9.17) is 6.42 Å². The number of nitrogens with one attached hydrogen (secondary N) is 1. The minimum Gasteiger partial charge on any atom is -0.353 e. The predicted octanol–water partition coefficient (Wildman–Crippen LogP) is 4.55. The molecule has 2 unspecified atom stereocenters. The highest BCUT2D eigenvalue weighted by Gasteiger charge is 2.19. The summed E-state index contributed by atoms with van der Waals surface area (Å²) in [6.07, 6.45) is 11.6. The van der Waals surface area contributed by atoms with Crippen LogP contribution in [-0.4, -0.2) is 16.9 Å². The molecule has 0 aliphatic rings. The summed E-state index contributed by atoms with van der Waals surface area (Å²) in [7, 11) is 0. The Morgan fingerprint density at radius 2 is 1.59 bits per heavy atom. The highest BCUT2D eigenvalue weighted by atomic mass is 16.1. The molecule has 0 radical (unpaired) electrons. The van der Waals surface area contributed by atoms with Gasteiger partial charge in [-0.2, -0.15) is 0 Å². The van der Waals surface area contributed by atoms with Crippen LogP contribution in [0.3, 0.4) is 0 Å². The number of hydrogen-bond acceptors (Lipinski definition) is 2. The van der Waals surface area contributed by atoms with Crippen molar-refractivity contribution >= 4 is 5.91 Å². The molecule has 0 aliphatic carbocycles. The third kappa shape index (κ3) is 6.62. The van der Waals surface area contributed by atoms with Gasteiger partial charge in [0.15, 0.2) is 0 Å². The maximum absolute atomic E-state index is 12.9. The Balaban J connectivity index is 1.70. The van der Waals surface area contributed by atoms with Gasteiger partial charge < -0.3 is 5.32 Å². The Morgan fingerprint density at radius 3 is 2.24 bits per heavy atom. The number of benzene rings is 2. The Bertz CT molecular complexity index is 876. The fourth-order valence-electron chi connectivity index (χ4n) is 3.56. The lowest BCUT2D eigenvalue weighted by Crippen LogP contribution is -2.38. The van der Waals surface area contributed by atoms with Crippen LogP contribution >= 0.6 is 0 Å². The molecular formula is C26H26N2O. The van der Waals surface area contributed by atoms with Crippen LogP contribution in [0.25, 0.3) is 0 Å². The zero-order valence-corrected chi connectivity index (χ0v) is 16.5. The molecule has 2 atom stereocenters. The summed E-state index contributed by atoms with van der Waals surface area (Å²) in [5.74, 6) is 2.77. The first kappa shape index (κ1) is 20.4. The standard InChI is InChI=1S/C26H26N2O/c1-2-10-24(23-14-7-4-8-15-23)19-26(29)28-25(17-21-11-5-3-6-12-21)18-22-13-9-16-27-20-22/h1,3-9,11-16,20,24-25H,10,17-19H2,(H,28,29). The van der Waals surface area contributed by atoms with Crippen molar-refractivity contribution in [3.05, 3.63) is 102 Å². The first-order valence-electron chi connectivity index (χ1n) is 9.95. The summed E-state index contributed by atoms with van der Waals surface area (Å²) in [4.78, 5) is 17.1. The van der Waals surface area contributed by atoms with Gasteiger partial charge in [0.25, 0.3) is 0 Å². The smallest absolute Gasteiger partial charge is 0.220 e. The summed E-state index contributed by atoms with van der Waals surface area (Å²) in [5, 5.41) is 3.24. The summed E-state index contributed by atoms with van der Waals surface area (Å²) >= 11 is 0. The highest BCUT2D eigenvalue weighted by molar-refractivity contribution is 5.77. The van der Waals surface area contributed by atoms with Gasteiger partial charge in [0, 0.05) is 37.2 Å². The van der Waals surface area contributed by atoms with Crippen LogP contribution in [0.2, 0.25) is 0 Å². The molecule has 2 aromatic carbocycles. The second kappa shape index (κ2) is 10.8. The highest BCUT2D eigenvalue weighted by Crippen LogP contribution is 2.23. The minimum atomic E-state index is -0.00337. The third-order valence-electron chi connectivity index (χ3n) is 4.96. The Morgan fingerprint density at radius 1 is 0.931 bits per heavy atom. The molecule has 1 heterocycles. The molecule has 0 bridgehead atoms. The Kier molecular flexibility index (Phi) is 7.60. The Labute approximate surface area is 173 Å². The molecule has 3 heteroatoms. The number of nitrogens with zero attached hydrogens (tertiary/aromatic N) is 1. The van der Waals surface area contributed by atoms with Crippen molar-refractivity contribution in [1.82, 2.24) is 10.3 Å². The average Bonchev–Trinajstić information content (AvgIpc) is 2.75. The van der Waals surface area contributed by atoms with Gasteiger partial charge in [-0.3, -0.25) is 9.78 Å². The first-order chi connectivity index (χ1) is 14.2. The van der Waals surface area contributed by atoms with Gasteiger partial charge in [0.1, 0.15) is 0 Å². The molecule has 1 aromatic heterocycles. The van der Waals surface area contributed by atoms with E-state index in [9.17, 15) is 4.79 Å². The third-order valence-corrected chi connectivity index (χ3v) is 4.96. The van der Waals surface area contributed by atoms with E-state index in [0.29, 0.717) is 12.8 Å².